The molecule has 32 heavy (non-hydrogen) atoms. The number of aliphatic hydroxyl groups is 2. The molecule has 4 N–H and O–H groups in total. The van der Waals surface area contributed by atoms with E-state index >= 15 is 0 Å². The van der Waals surface area contributed by atoms with Crippen molar-refractivity contribution in [2.24, 2.45) is 0 Å². The molecule has 0 rings (SSSR count). The van der Waals surface area contributed by atoms with Gasteiger partial charge in [0.15, 0.2) is 0 Å². The van der Waals surface area contributed by atoms with Gasteiger partial charge in [0.1, 0.15) is 0 Å². The standard InChI is InChI=1S/C26H55N3O3/c1-2-3-4-5-6-7-8-9-10-11-12-13-14-15-19-28-26(32)17-20-27-18-16-21-29(22-24-30)23-25-31/h27,30-31H,2-25H2,1H3,(H,28,32). The first-order valence-electron chi connectivity index (χ1n) is 13.7. The van der Waals surface area contributed by atoms with Crippen LogP contribution in [0.25, 0.3) is 0 Å². The summed E-state index contributed by atoms with van der Waals surface area (Å²) in [4.78, 5) is 13.9. The largest absolute Gasteiger partial charge is 0.395 e. The molecule has 0 radical (unpaired) electrons. The molecule has 192 valence electrons. The van der Waals surface area contributed by atoms with Crippen molar-refractivity contribution in [2.75, 3.05) is 52.5 Å². The first-order valence-corrected chi connectivity index (χ1v) is 13.7. The van der Waals surface area contributed by atoms with Gasteiger partial charge in [-0.2, -0.15) is 0 Å². The van der Waals surface area contributed by atoms with E-state index in [-0.39, 0.29) is 19.1 Å². The zero-order chi connectivity index (χ0) is 23.5. The minimum absolute atomic E-state index is 0.118. The molecule has 0 unspecified atom stereocenters. The van der Waals surface area contributed by atoms with E-state index < -0.39 is 0 Å². The van der Waals surface area contributed by atoms with E-state index in [4.69, 9.17) is 10.2 Å². The highest BCUT2D eigenvalue weighted by Crippen LogP contribution is 2.12. The Balaban J connectivity index is 3.27. The Labute approximate surface area is 198 Å². The third-order valence-corrected chi connectivity index (χ3v) is 6.04. The molecular formula is C26H55N3O3. The van der Waals surface area contributed by atoms with Crippen molar-refractivity contribution in [3.05, 3.63) is 0 Å². The zero-order valence-corrected chi connectivity index (χ0v) is 21.2. The summed E-state index contributed by atoms with van der Waals surface area (Å²) in [6.45, 7) is 6.90. The van der Waals surface area contributed by atoms with Gasteiger partial charge in [-0.05, 0) is 25.9 Å². The number of amides is 1. The number of nitrogens with zero attached hydrogens (tertiary/aromatic N) is 1. The maximum absolute atomic E-state index is 11.9. The van der Waals surface area contributed by atoms with Gasteiger partial charge in [-0.1, -0.05) is 90.4 Å². The van der Waals surface area contributed by atoms with Gasteiger partial charge in [0.05, 0.1) is 13.2 Å². The summed E-state index contributed by atoms with van der Waals surface area (Å²) in [7, 11) is 0. The molecule has 1 amide bonds. The van der Waals surface area contributed by atoms with Gasteiger partial charge in [-0.3, -0.25) is 9.69 Å². The number of hydrogen-bond acceptors (Lipinski definition) is 5. The van der Waals surface area contributed by atoms with Crippen LogP contribution in [0.4, 0.5) is 0 Å². The molecule has 0 aromatic heterocycles. The minimum atomic E-state index is 0.118. The highest BCUT2D eigenvalue weighted by molar-refractivity contribution is 5.75. The first kappa shape index (κ1) is 31.3. The Morgan fingerprint density at radius 1 is 0.625 bits per heavy atom. The molecule has 0 aliphatic heterocycles. The molecule has 0 atom stereocenters. The average molecular weight is 458 g/mol. The lowest BCUT2D eigenvalue weighted by molar-refractivity contribution is -0.121. The summed E-state index contributed by atoms with van der Waals surface area (Å²) in [6, 6.07) is 0. The van der Waals surface area contributed by atoms with E-state index in [1.54, 1.807) is 0 Å². The number of carbonyl (C=O) groups is 1. The van der Waals surface area contributed by atoms with Crippen molar-refractivity contribution in [2.45, 2.75) is 110 Å². The van der Waals surface area contributed by atoms with Crippen LogP contribution in [0, 0.1) is 0 Å². The third-order valence-electron chi connectivity index (χ3n) is 6.04. The fourth-order valence-electron chi connectivity index (χ4n) is 4.01. The molecule has 0 aromatic rings. The van der Waals surface area contributed by atoms with Gasteiger partial charge in [-0.25, -0.2) is 0 Å². The Morgan fingerprint density at radius 3 is 1.62 bits per heavy atom. The number of rotatable bonds is 26. The molecule has 0 aliphatic rings. The minimum Gasteiger partial charge on any atom is -0.395 e. The molecule has 0 bridgehead atoms. The van der Waals surface area contributed by atoms with Crippen LogP contribution in [0.3, 0.4) is 0 Å². The number of unbranched alkanes of at least 4 members (excludes halogenated alkanes) is 13. The quantitative estimate of drug-likeness (QED) is 0.146. The maximum atomic E-state index is 11.9. The molecular weight excluding hydrogens is 402 g/mol. The summed E-state index contributed by atoms with van der Waals surface area (Å²) in [5.74, 6) is 0.134. The van der Waals surface area contributed by atoms with Crippen molar-refractivity contribution in [1.82, 2.24) is 15.5 Å². The van der Waals surface area contributed by atoms with Crippen LogP contribution >= 0.6 is 0 Å². The first-order chi connectivity index (χ1) is 15.7. The predicted octanol–water partition coefficient (Wildman–Crippen LogP) is 4.24. The van der Waals surface area contributed by atoms with Crippen molar-refractivity contribution in [1.29, 1.82) is 0 Å². The summed E-state index contributed by atoms with van der Waals surface area (Å²) in [6.07, 6.45) is 20.4. The number of nitrogens with one attached hydrogen (secondary N) is 2. The number of hydrogen-bond donors (Lipinski definition) is 4. The highest BCUT2D eigenvalue weighted by atomic mass is 16.3. The molecule has 0 heterocycles. The van der Waals surface area contributed by atoms with Crippen LogP contribution in [-0.2, 0) is 4.79 Å². The van der Waals surface area contributed by atoms with Crippen LogP contribution in [0.5, 0.6) is 0 Å². The van der Waals surface area contributed by atoms with Crippen LogP contribution < -0.4 is 10.6 Å². The van der Waals surface area contributed by atoms with Gasteiger partial charge in [0.25, 0.3) is 0 Å². The lowest BCUT2D eigenvalue weighted by Crippen LogP contribution is -2.33. The van der Waals surface area contributed by atoms with Gasteiger partial charge in [-0.15, -0.1) is 0 Å². The van der Waals surface area contributed by atoms with Gasteiger partial charge < -0.3 is 20.8 Å². The van der Waals surface area contributed by atoms with E-state index in [1.165, 1.54) is 83.5 Å². The fourth-order valence-corrected chi connectivity index (χ4v) is 4.01. The molecule has 0 aliphatic carbocycles. The van der Waals surface area contributed by atoms with E-state index in [1.807, 2.05) is 4.90 Å². The number of aliphatic hydroxyl groups excluding tert-OH is 2. The SMILES string of the molecule is CCCCCCCCCCCCCCCCNC(=O)CCNCCCN(CCO)CCO. The Kier molecular flexibility index (Phi) is 26.0. The summed E-state index contributed by atoms with van der Waals surface area (Å²) in [5.41, 5.74) is 0. The van der Waals surface area contributed by atoms with Crippen LogP contribution in [0.15, 0.2) is 0 Å². The highest BCUT2D eigenvalue weighted by Gasteiger charge is 2.03. The van der Waals surface area contributed by atoms with E-state index in [2.05, 4.69) is 17.6 Å². The van der Waals surface area contributed by atoms with Crippen LogP contribution in [0.1, 0.15) is 110 Å². The third kappa shape index (κ3) is 24.0. The van der Waals surface area contributed by atoms with Crippen molar-refractivity contribution in [3.8, 4) is 0 Å². The van der Waals surface area contributed by atoms with Crippen LogP contribution in [0.2, 0.25) is 0 Å². The normalized spacial score (nSPS) is 11.4. The second-order valence-corrected chi connectivity index (χ2v) is 9.09. The van der Waals surface area contributed by atoms with Crippen molar-refractivity contribution < 1.29 is 15.0 Å². The molecule has 0 saturated carbocycles. The lowest BCUT2D eigenvalue weighted by atomic mass is 10.0. The summed E-state index contributed by atoms with van der Waals surface area (Å²) in [5, 5.41) is 24.3. The van der Waals surface area contributed by atoms with Crippen LogP contribution in [-0.4, -0.2) is 73.5 Å². The summed E-state index contributed by atoms with van der Waals surface area (Å²) < 4.78 is 0. The Morgan fingerprint density at radius 2 is 1.12 bits per heavy atom. The van der Waals surface area contributed by atoms with Crippen molar-refractivity contribution >= 4 is 5.91 Å². The predicted molar refractivity (Wildman–Crippen MR) is 136 cm³/mol. The Hall–Kier alpha value is -0.690. The fraction of sp³-hybridized carbons (Fsp3) is 0.962. The molecule has 0 spiro atoms. The zero-order valence-electron chi connectivity index (χ0n) is 21.2. The molecule has 0 fully saturated rings. The smallest absolute Gasteiger partial charge is 0.221 e. The average Bonchev–Trinajstić information content (AvgIpc) is 2.79. The molecule has 6 heteroatoms. The monoisotopic (exact) mass is 457 g/mol. The van der Waals surface area contributed by atoms with Gasteiger partial charge >= 0.3 is 0 Å². The number of carbonyl (C=O) groups excluding carboxylic acids is 1. The van der Waals surface area contributed by atoms with Gasteiger partial charge in [0.2, 0.25) is 5.91 Å². The molecule has 6 nitrogen and oxygen atoms in total. The molecule has 0 saturated heterocycles. The van der Waals surface area contributed by atoms with Gasteiger partial charge in [0, 0.05) is 32.6 Å². The Bertz CT molecular complexity index is 377. The second kappa shape index (κ2) is 26.6. The molecule has 0 aromatic carbocycles. The summed E-state index contributed by atoms with van der Waals surface area (Å²) >= 11 is 0. The second-order valence-electron chi connectivity index (χ2n) is 9.09. The van der Waals surface area contributed by atoms with E-state index in [0.717, 1.165) is 32.5 Å². The maximum Gasteiger partial charge on any atom is 0.221 e. The van der Waals surface area contributed by atoms with Crippen molar-refractivity contribution in [3.63, 3.8) is 0 Å². The lowest BCUT2D eigenvalue weighted by Gasteiger charge is -2.19. The van der Waals surface area contributed by atoms with E-state index in [0.29, 0.717) is 26.1 Å². The van der Waals surface area contributed by atoms with E-state index in [9.17, 15) is 4.79 Å². The topological polar surface area (TPSA) is 84.8 Å².